The van der Waals surface area contributed by atoms with Crippen molar-refractivity contribution in [1.29, 1.82) is 0 Å². The summed E-state index contributed by atoms with van der Waals surface area (Å²) in [6.45, 7) is 9.86. The number of nitrogens with zero attached hydrogens (tertiary/aromatic N) is 2. The second-order valence-electron chi connectivity index (χ2n) is 12.1. The van der Waals surface area contributed by atoms with Gasteiger partial charge in [0.15, 0.2) is 0 Å². The molecule has 2 amide bonds. The van der Waals surface area contributed by atoms with Gasteiger partial charge in [-0.25, -0.2) is 8.42 Å². The number of sulfonamides is 1. The van der Waals surface area contributed by atoms with Gasteiger partial charge >= 0.3 is 0 Å². The van der Waals surface area contributed by atoms with Crippen LogP contribution >= 0.6 is 11.6 Å². The highest BCUT2D eigenvalue weighted by molar-refractivity contribution is 7.92. The number of amides is 2. The van der Waals surface area contributed by atoms with Crippen LogP contribution in [0.3, 0.4) is 0 Å². The first kappa shape index (κ1) is 34.7. The first-order valence-electron chi connectivity index (χ1n) is 15.4. The SMILES string of the molecule is Cc1cccc(CN(C(=O)CN(c2ccc(C)c(C)c2)S(=O)(=O)c2ccc(Cl)cc2)C(Cc2ccccc2)C(=O)NCC(C)C)c1. The molecule has 0 bridgehead atoms. The molecule has 7 nitrogen and oxygen atoms in total. The standard InChI is InChI=1S/C37H42ClN3O4S/c1-26(2)23-39-37(43)35(22-30-11-7-6-8-12-30)40(24-31-13-9-10-27(3)20-31)36(42)25-41(33-17-14-28(4)29(5)21-33)46(44,45)34-18-15-32(38)16-19-34/h6-21,26,35H,22-25H2,1-5H3,(H,39,43). The number of nitrogens with one attached hydrogen (secondary N) is 1. The third-order valence-corrected chi connectivity index (χ3v) is 9.89. The number of carbonyl (C=O) groups is 2. The fourth-order valence-corrected chi connectivity index (χ4v) is 6.66. The third kappa shape index (κ3) is 8.98. The van der Waals surface area contributed by atoms with Crippen LogP contribution in [0.2, 0.25) is 5.02 Å². The quantitative estimate of drug-likeness (QED) is 0.170. The monoisotopic (exact) mass is 659 g/mol. The molecule has 4 rings (SSSR count). The van der Waals surface area contributed by atoms with Gasteiger partial charge in [0, 0.05) is 24.5 Å². The average Bonchev–Trinajstić information content (AvgIpc) is 3.02. The van der Waals surface area contributed by atoms with E-state index in [4.69, 9.17) is 11.6 Å². The Morgan fingerprint density at radius 3 is 2.11 bits per heavy atom. The van der Waals surface area contributed by atoms with E-state index in [0.717, 1.165) is 32.1 Å². The van der Waals surface area contributed by atoms with Gasteiger partial charge < -0.3 is 10.2 Å². The molecule has 0 spiro atoms. The van der Waals surface area contributed by atoms with Crippen molar-refractivity contribution >= 4 is 39.1 Å². The minimum atomic E-state index is -4.21. The molecular formula is C37H42ClN3O4S. The molecule has 0 fully saturated rings. The maximum atomic E-state index is 14.6. The van der Waals surface area contributed by atoms with Crippen LogP contribution in [0.5, 0.6) is 0 Å². The molecule has 0 aromatic heterocycles. The van der Waals surface area contributed by atoms with E-state index in [1.807, 2.05) is 95.3 Å². The van der Waals surface area contributed by atoms with Crippen LogP contribution in [0, 0.1) is 26.7 Å². The molecule has 0 radical (unpaired) electrons. The molecule has 4 aromatic rings. The zero-order valence-corrected chi connectivity index (χ0v) is 28.6. The lowest BCUT2D eigenvalue weighted by Gasteiger charge is -2.34. The molecule has 9 heteroatoms. The van der Waals surface area contributed by atoms with Gasteiger partial charge in [0.25, 0.3) is 10.0 Å². The highest BCUT2D eigenvalue weighted by Gasteiger charge is 2.34. The predicted molar refractivity (Wildman–Crippen MR) is 185 cm³/mol. The Morgan fingerprint density at radius 2 is 1.48 bits per heavy atom. The van der Waals surface area contributed by atoms with Crippen LogP contribution in [0.15, 0.2) is 102 Å². The lowest BCUT2D eigenvalue weighted by Crippen LogP contribution is -2.53. The molecule has 46 heavy (non-hydrogen) atoms. The Bertz CT molecular complexity index is 1760. The van der Waals surface area contributed by atoms with Gasteiger partial charge in [-0.2, -0.15) is 0 Å². The second-order valence-corrected chi connectivity index (χ2v) is 14.4. The van der Waals surface area contributed by atoms with E-state index in [9.17, 15) is 18.0 Å². The maximum absolute atomic E-state index is 14.6. The summed E-state index contributed by atoms with van der Waals surface area (Å²) in [4.78, 5) is 30.0. The van der Waals surface area contributed by atoms with Crippen LogP contribution in [0.4, 0.5) is 5.69 Å². The highest BCUT2D eigenvalue weighted by atomic mass is 35.5. The molecule has 1 N–H and O–H groups in total. The van der Waals surface area contributed by atoms with Gasteiger partial charge in [-0.1, -0.05) is 91.7 Å². The summed E-state index contributed by atoms with van der Waals surface area (Å²) in [5.41, 5.74) is 4.95. The third-order valence-electron chi connectivity index (χ3n) is 7.85. The van der Waals surface area contributed by atoms with Crippen LogP contribution in [-0.4, -0.2) is 44.3 Å². The zero-order chi connectivity index (χ0) is 33.4. The Hall–Kier alpha value is -4.14. The van der Waals surface area contributed by atoms with E-state index in [-0.39, 0.29) is 29.7 Å². The highest BCUT2D eigenvalue weighted by Crippen LogP contribution is 2.28. The summed E-state index contributed by atoms with van der Waals surface area (Å²) < 4.78 is 29.5. The summed E-state index contributed by atoms with van der Waals surface area (Å²) in [5.74, 6) is -0.596. The summed E-state index contributed by atoms with van der Waals surface area (Å²) in [6, 6.07) is 27.6. The number of halogens is 1. The van der Waals surface area contributed by atoms with Crippen molar-refractivity contribution in [2.75, 3.05) is 17.4 Å². The van der Waals surface area contributed by atoms with Crippen molar-refractivity contribution in [3.05, 3.63) is 130 Å². The lowest BCUT2D eigenvalue weighted by atomic mass is 10.0. The van der Waals surface area contributed by atoms with Gasteiger partial charge in [0.05, 0.1) is 10.6 Å². The normalized spacial score (nSPS) is 12.1. The Balaban J connectivity index is 1.82. The van der Waals surface area contributed by atoms with E-state index in [0.29, 0.717) is 17.3 Å². The van der Waals surface area contributed by atoms with Crippen LogP contribution < -0.4 is 9.62 Å². The number of benzene rings is 4. The fraction of sp³-hybridized carbons (Fsp3) is 0.297. The van der Waals surface area contributed by atoms with Crippen molar-refractivity contribution < 1.29 is 18.0 Å². The van der Waals surface area contributed by atoms with Crippen molar-refractivity contribution in [2.24, 2.45) is 5.92 Å². The number of carbonyl (C=O) groups excluding carboxylic acids is 2. The van der Waals surface area contributed by atoms with Gasteiger partial charge in [-0.3, -0.25) is 13.9 Å². The number of hydrogen-bond donors (Lipinski definition) is 1. The largest absolute Gasteiger partial charge is 0.354 e. The van der Waals surface area contributed by atoms with Crippen molar-refractivity contribution in [3.63, 3.8) is 0 Å². The molecule has 0 aliphatic rings. The minimum Gasteiger partial charge on any atom is -0.354 e. The first-order chi connectivity index (χ1) is 21.8. The van der Waals surface area contributed by atoms with Gasteiger partial charge in [-0.05, 0) is 85.3 Å². The summed E-state index contributed by atoms with van der Waals surface area (Å²) in [5, 5.41) is 3.41. The lowest BCUT2D eigenvalue weighted by molar-refractivity contribution is -0.140. The number of aryl methyl sites for hydroxylation is 3. The maximum Gasteiger partial charge on any atom is 0.264 e. The smallest absolute Gasteiger partial charge is 0.264 e. The van der Waals surface area contributed by atoms with Gasteiger partial charge in [0.1, 0.15) is 12.6 Å². The molecule has 1 atom stereocenters. The van der Waals surface area contributed by atoms with Crippen LogP contribution in [0.1, 0.15) is 41.7 Å². The van der Waals surface area contributed by atoms with Crippen LogP contribution in [0.25, 0.3) is 0 Å². The molecule has 0 saturated heterocycles. The second kappa shape index (κ2) is 15.4. The Labute approximate surface area is 278 Å². The summed E-state index contributed by atoms with van der Waals surface area (Å²) >= 11 is 6.08. The van der Waals surface area contributed by atoms with Crippen molar-refractivity contribution in [1.82, 2.24) is 10.2 Å². The van der Waals surface area contributed by atoms with Gasteiger partial charge in [0.2, 0.25) is 11.8 Å². The van der Waals surface area contributed by atoms with E-state index in [1.54, 1.807) is 12.1 Å². The molecule has 0 aliphatic carbocycles. The first-order valence-corrected chi connectivity index (χ1v) is 17.2. The molecule has 1 unspecified atom stereocenters. The van der Waals surface area contributed by atoms with E-state index in [1.165, 1.54) is 29.2 Å². The molecular weight excluding hydrogens is 618 g/mol. The number of anilines is 1. The Kier molecular flexibility index (Phi) is 11.7. The number of hydrogen-bond acceptors (Lipinski definition) is 4. The van der Waals surface area contributed by atoms with Gasteiger partial charge in [-0.15, -0.1) is 0 Å². The summed E-state index contributed by atoms with van der Waals surface area (Å²) in [6.07, 6.45) is 0.260. The average molecular weight is 660 g/mol. The number of rotatable bonds is 13. The van der Waals surface area contributed by atoms with Crippen molar-refractivity contribution in [2.45, 2.75) is 58.5 Å². The fourth-order valence-electron chi connectivity index (χ4n) is 5.13. The van der Waals surface area contributed by atoms with E-state index in [2.05, 4.69) is 5.32 Å². The van der Waals surface area contributed by atoms with E-state index >= 15 is 0 Å². The summed E-state index contributed by atoms with van der Waals surface area (Å²) in [7, 11) is -4.21. The topological polar surface area (TPSA) is 86.8 Å². The Morgan fingerprint density at radius 1 is 0.804 bits per heavy atom. The molecule has 242 valence electrons. The zero-order valence-electron chi connectivity index (χ0n) is 27.0. The molecule has 4 aromatic carbocycles. The minimum absolute atomic E-state index is 0.00340. The molecule has 0 saturated carbocycles. The molecule has 0 aliphatic heterocycles. The molecule has 0 heterocycles. The van der Waals surface area contributed by atoms with Crippen LogP contribution in [-0.2, 0) is 32.6 Å². The predicted octanol–water partition coefficient (Wildman–Crippen LogP) is 6.87. The van der Waals surface area contributed by atoms with Crippen molar-refractivity contribution in [3.8, 4) is 0 Å². The van der Waals surface area contributed by atoms with E-state index < -0.39 is 28.5 Å².